The Hall–Kier alpha value is -5.22. The molecule has 56 heavy (non-hydrogen) atoms. The summed E-state index contributed by atoms with van der Waals surface area (Å²) in [5.74, 6) is -1.63. The van der Waals surface area contributed by atoms with Gasteiger partial charge in [0, 0.05) is 62.7 Å². The Morgan fingerprint density at radius 2 is 1.07 bits per heavy atom. The predicted molar refractivity (Wildman–Crippen MR) is 211 cm³/mol. The van der Waals surface area contributed by atoms with E-state index in [4.69, 9.17) is 42.1 Å². The molecule has 4 N–H and O–H groups in total. The van der Waals surface area contributed by atoms with Gasteiger partial charge in [0.1, 0.15) is 23.6 Å². The number of ether oxygens (including phenoxy) is 4. The van der Waals surface area contributed by atoms with E-state index in [1.807, 2.05) is 60.7 Å². The van der Waals surface area contributed by atoms with Crippen molar-refractivity contribution in [3.8, 4) is 44.9 Å². The molecular formula is C40H40Cl2N4O10. The first-order valence-electron chi connectivity index (χ1n) is 17.6. The molecule has 2 amide bonds. The first-order valence-corrected chi connectivity index (χ1v) is 18.4. The highest BCUT2D eigenvalue weighted by Gasteiger charge is 2.29. The molecule has 2 aliphatic rings. The number of carbonyl (C=O) groups excluding carboxylic acids is 2. The molecule has 0 bridgehead atoms. The number of halogens is 2. The highest BCUT2D eigenvalue weighted by atomic mass is 35.5. The van der Waals surface area contributed by atoms with Crippen molar-refractivity contribution in [3.05, 3.63) is 82.8 Å². The van der Waals surface area contributed by atoms with Crippen LogP contribution in [0.3, 0.4) is 0 Å². The number of carboxylic acids is 2. The summed E-state index contributed by atoms with van der Waals surface area (Å²) in [5.41, 5.74) is 5.41. The van der Waals surface area contributed by atoms with Crippen molar-refractivity contribution in [1.82, 2.24) is 10.6 Å². The zero-order chi connectivity index (χ0) is 39.9. The van der Waals surface area contributed by atoms with Crippen LogP contribution in [-0.4, -0.2) is 113 Å². The van der Waals surface area contributed by atoms with Crippen LogP contribution in [0.15, 0.2) is 72.8 Å². The number of rotatable bonds is 17. The zero-order valence-electron chi connectivity index (χ0n) is 30.6. The maximum absolute atomic E-state index is 12.8. The Morgan fingerprint density at radius 3 is 1.45 bits per heavy atom. The van der Waals surface area contributed by atoms with E-state index in [9.17, 15) is 29.4 Å². The molecule has 4 aromatic carbocycles. The molecule has 2 atom stereocenters. The quantitative estimate of drug-likeness (QED) is 0.115. The van der Waals surface area contributed by atoms with Gasteiger partial charge in [-0.05, 0) is 35.4 Å². The van der Waals surface area contributed by atoms with E-state index in [1.54, 1.807) is 21.9 Å². The Bertz CT molecular complexity index is 1980. The summed E-state index contributed by atoms with van der Waals surface area (Å²) in [7, 11) is 2.84. The molecule has 0 saturated carbocycles. The molecule has 16 heteroatoms. The lowest BCUT2D eigenvalue weighted by Crippen LogP contribution is -2.47. The number of fused-ring (bicyclic) bond motifs is 2. The number of nitrogens with one attached hydrogen (secondary N) is 2. The smallest absolute Gasteiger partial charge is 0.323 e. The second kappa shape index (κ2) is 18.2. The Morgan fingerprint density at radius 1 is 0.679 bits per heavy atom. The van der Waals surface area contributed by atoms with Crippen LogP contribution in [0.4, 0.5) is 11.4 Å². The molecule has 0 aliphatic carbocycles. The van der Waals surface area contributed by atoms with Gasteiger partial charge >= 0.3 is 11.9 Å². The van der Waals surface area contributed by atoms with Gasteiger partial charge in [-0.25, -0.2) is 0 Å². The summed E-state index contributed by atoms with van der Waals surface area (Å²) in [6.07, 6.45) is 0. The number of benzene rings is 4. The van der Waals surface area contributed by atoms with Crippen LogP contribution < -0.4 is 29.9 Å². The van der Waals surface area contributed by atoms with E-state index < -0.39 is 24.0 Å². The van der Waals surface area contributed by atoms with Crippen molar-refractivity contribution >= 4 is 58.3 Å². The number of methoxy groups -OCH3 is 2. The molecule has 0 radical (unpaired) electrons. The van der Waals surface area contributed by atoms with Crippen molar-refractivity contribution < 1.29 is 48.3 Å². The molecule has 294 valence electrons. The maximum Gasteiger partial charge on any atom is 0.323 e. The van der Waals surface area contributed by atoms with Crippen LogP contribution in [-0.2, 0) is 28.7 Å². The second-order valence-corrected chi connectivity index (χ2v) is 13.7. The normalized spacial score (nSPS) is 14.7. The minimum Gasteiger partial charge on any atom is -0.482 e. The van der Waals surface area contributed by atoms with Crippen molar-refractivity contribution in [3.63, 3.8) is 0 Å². The predicted octanol–water partition coefficient (Wildman–Crippen LogP) is 4.82. The monoisotopic (exact) mass is 806 g/mol. The van der Waals surface area contributed by atoms with Crippen LogP contribution in [0.25, 0.3) is 33.4 Å². The summed E-state index contributed by atoms with van der Waals surface area (Å²) in [6.45, 7) is 0.526. The van der Waals surface area contributed by atoms with Crippen LogP contribution in [0, 0.1) is 0 Å². The number of anilines is 2. The first-order chi connectivity index (χ1) is 27.0. The van der Waals surface area contributed by atoms with E-state index in [0.29, 0.717) is 55.2 Å². The Kier molecular flexibility index (Phi) is 13.1. The highest BCUT2D eigenvalue weighted by molar-refractivity contribution is 6.39. The first kappa shape index (κ1) is 40.4. The van der Waals surface area contributed by atoms with Crippen LogP contribution >= 0.6 is 23.2 Å². The van der Waals surface area contributed by atoms with Gasteiger partial charge in [0.2, 0.25) is 0 Å². The third kappa shape index (κ3) is 8.76. The SMILES string of the molecule is COC[C@H](NCCN1C(=O)COc2cc(-c3cccc(-c4cccc(-c5ccc6c(c5)OCC(=O)N6CCN[C@@H](COC)C(=O)O)c4Cl)c3Cl)ccc21)C(=O)O. The topological polar surface area (TPSA) is 176 Å². The van der Waals surface area contributed by atoms with Gasteiger partial charge in [0.15, 0.2) is 13.2 Å². The fourth-order valence-electron chi connectivity index (χ4n) is 6.63. The lowest BCUT2D eigenvalue weighted by Gasteiger charge is -2.30. The number of amides is 2. The van der Waals surface area contributed by atoms with Crippen molar-refractivity contribution in [2.24, 2.45) is 0 Å². The molecule has 0 aromatic heterocycles. The molecule has 2 heterocycles. The third-order valence-corrected chi connectivity index (χ3v) is 10.2. The van der Waals surface area contributed by atoms with E-state index in [2.05, 4.69) is 10.6 Å². The second-order valence-electron chi connectivity index (χ2n) is 13.0. The summed E-state index contributed by atoms with van der Waals surface area (Å²) < 4.78 is 21.6. The number of carbonyl (C=O) groups is 4. The molecule has 4 aromatic rings. The number of nitrogens with zero attached hydrogens (tertiary/aromatic N) is 2. The fourth-order valence-corrected chi connectivity index (χ4v) is 7.30. The molecule has 0 fully saturated rings. The largest absolute Gasteiger partial charge is 0.482 e. The van der Waals surface area contributed by atoms with Crippen LogP contribution in [0.5, 0.6) is 11.5 Å². The molecule has 0 saturated heterocycles. The van der Waals surface area contributed by atoms with Gasteiger partial charge in [-0.15, -0.1) is 0 Å². The Balaban J connectivity index is 1.22. The molecule has 6 rings (SSSR count). The summed E-state index contributed by atoms with van der Waals surface area (Å²) in [5, 5.41) is 25.5. The van der Waals surface area contributed by atoms with E-state index in [0.717, 1.165) is 11.1 Å². The van der Waals surface area contributed by atoms with E-state index in [1.165, 1.54) is 14.2 Å². The molecule has 0 spiro atoms. The zero-order valence-corrected chi connectivity index (χ0v) is 32.1. The third-order valence-electron chi connectivity index (χ3n) is 9.43. The molecule has 2 aliphatic heterocycles. The van der Waals surface area contributed by atoms with Gasteiger partial charge < -0.3 is 49.6 Å². The fraction of sp³-hybridized carbons (Fsp3) is 0.300. The lowest BCUT2D eigenvalue weighted by molar-refractivity contribution is -0.141. The summed E-state index contributed by atoms with van der Waals surface area (Å²) in [4.78, 5) is 51.7. The molecule has 0 unspecified atom stereocenters. The number of hydrogen-bond donors (Lipinski definition) is 4. The average Bonchev–Trinajstić information content (AvgIpc) is 3.18. The van der Waals surface area contributed by atoms with E-state index in [-0.39, 0.29) is 64.4 Å². The lowest BCUT2D eigenvalue weighted by atomic mass is 9.95. The molecule has 14 nitrogen and oxygen atoms in total. The Labute approximate surface area is 332 Å². The van der Waals surface area contributed by atoms with Crippen molar-refractivity contribution in [2.45, 2.75) is 12.1 Å². The van der Waals surface area contributed by atoms with Gasteiger partial charge in [-0.3, -0.25) is 19.2 Å². The minimum atomic E-state index is -1.05. The minimum absolute atomic E-state index is 0.0122. The van der Waals surface area contributed by atoms with Gasteiger partial charge in [-0.2, -0.15) is 0 Å². The number of carboxylic acid groups (broad SMARTS) is 2. The van der Waals surface area contributed by atoms with Crippen molar-refractivity contribution in [2.75, 3.05) is 76.6 Å². The van der Waals surface area contributed by atoms with E-state index >= 15 is 0 Å². The summed E-state index contributed by atoms with van der Waals surface area (Å²) in [6, 6.07) is 20.3. The standard InChI is InChI=1S/C40H40Cl2N4O10/c1-53-19-29(39(49)50)43-13-15-45-31-11-9-23(17-33(31)55-21-35(45)47)25-5-3-7-27(37(25)41)28-8-4-6-26(38(28)42)24-10-12-32-34(18-24)56-22-36(48)46(32)16-14-44-30(20-54-2)40(51)52/h3-12,17-18,29-30,43-44H,13-16,19-22H2,1-2H3,(H,49,50)(H,51,52)/t29-,30-/m0/s1. The number of hydrogen-bond acceptors (Lipinski definition) is 10. The summed E-state index contributed by atoms with van der Waals surface area (Å²) >= 11 is 14.2. The number of aliphatic carboxylic acids is 2. The van der Waals surface area contributed by atoms with Gasteiger partial charge in [0.05, 0.1) is 34.6 Å². The van der Waals surface area contributed by atoms with Crippen molar-refractivity contribution in [1.29, 1.82) is 0 Å². The van der Waals surface area contributed by atoms with Gasteiger partial charge in [0.25, 0.3) is 11.8 Å². The average molecular weight is 808 g/mol. The maximum atomic E-state index is 12.8. The van der Waals surface area contributed by atoms with Crippen LogP contribution in [0.2, 0.25) is 10.0 Å². The highest BCUT2D eigenvalue weighted by Crippen LogP contribution is 2.45. The molecular weight excluding hydrogens is 767 g/mol. The van der Waals surface area contributed by atoms with Crippen LogP contribution in [0.1, 0.15) is 0 Å². The van der Waals surface area contributed by atoms with Gasteiger partial charge in [-0.1, -0.05) is 71.7 Å².